The van der Waals surface area contributed by atoms with Crippen molar-refractivity contribution >= 4 is 23.5 Å². The van der Waals surface area contributed by atoms with Crippen LogP contribution in [0.25, 0.3) is 0 Å². The van der Waals surface area contributed by atoms with Gasteiger partial charge in [0.1, 0.15) is 18.0 Å². The average molecular weight is 503 g/mol. The molecule has 37 heavy (non-hydrogen) atoms. The van der Waals surface area contributed by atoms with E-state index in [-0.39, 0.29) is 30.3 Å². The molecule has 3 unspecified atom stereocenters. The van der Waals surface area contributed by atoms with E-state index in [4.69, 9.17) is 0 Å². The standard InChI is InChI=1S/C29H31FN4O3/c1-18(2)20-9-11-22(12-10-20)27(21-7-5-4-6-8-21)33-28(36)25-16-24(30)17-34(25)29(37)23-13-14-31-26(15-23)32-19(3)35/h4-15,18,24-25,27H,16-17H2,1-3H3,(H,33,36)(H,31,32,35). The minimum absolute atomic E-state index is 0.0883. The van der Waals surface area contributed by atoms with Crippen molar-refractivity contribution in [3.63, 3.8) is 0 Å². The van der Waals surface area contributed by atoms with Crippen LogP contribution in [-0.4, -0.2) is 46.4 Å². The minimum atomic E-state index is -1.32. The number of likely N-dealkylation sites (tertiary alicyclic amines) is 1. The molecule has 2 aromatic carbocycles. The molecule has 0 saturated carbocycles. The van der Waals surface area contributed by atoms with E-state index in [1.54, 1.807) is 0 Å². The molecule has 0 radical (unpaired) electrons. The number of anilines is 1. The Bertz CT molecular complexity index is 1260. The molecule has 1 aliphatic rings. The highest BCUT2D eigenvalue weighted by atomic mass is 19.1. The number of nitrogens with zero attached hydrogens (tertiary/aromatic N) is 2. The lowest BCUT2D eigenvalue weighted by molar-refractivity contribution is -0.125. The Hall–Kier alpha value is -4.07. The van der Waals surface area contributed by atoms with Gasteiger partial charge in [-0.25, -0.2) is 9.37 Å². The van der Waals surface area contributed by atoms with Crippen LogP contribution in [0.2, 0.25) is 0 Å². The number of hydrogen-bond acceptors (Lipinski definition) is 4. The number of pyridine rings is 1. The van der Waals surface area contributed by atoms with Gasteiger partial charge in [-0.2, -0.15) is 0 Å². The monoisotopic (exact) mass is 502 g/mol. The highest BCUT2D eigenvalue weighted by Gasteiger charge is 2.41. The molecule has 1 saturated heterocycles. The van der Waals surface area contributed by atoms with Crippen LogP contribution >= 0.6 is 0 Å². The third-order valence-corrected chi connectivity index (χ3v) is 6.48. The minimum Gasteiger partial charge on any atom is -0.343 e. The number of benzene rings is 2. The summed E-state index contributed by atoms with van der Waals surface area (Å²) in [4.78, 5) is 43.5. The first-order valence-electron chi connectivity index (χ1n) is 12.4. The number of hydrogen-bond donors (Lipinski definition) is 2. The third-order valence-electron chi connectivity index (χ3n) is 6.48. The van der Waals surface area contributed by atoms with E-state index >= 15 is 0 Å². The van der Waals surface area contributed by atoms with Gasteiger partial charge >= 0.3 is 0 Å². The first kappa shape index (κ1) is 26.0. The molecule has 8 heteroatoms. The predicted octanol–water partition coefficient (Wildman–Crippen LogP) is 4.62. The van der Waals surface area contributed by atoms with Gasteiger partial charge in [0.25, 0.3) is 5.91 Å². The Labute approximate surface area is 216 Å². The molecule has 1 fully saturated rings. The Morgan fingerprint density at radius 3 is 2.27 bits per heavy atom. The van der Waals surface area contributed by atoms with Crippen LogP contribution in [0.1, 0.15) is 66.2 Å². The second-order valence-corrected chi connectivity index (χ2v) is 9.59. The lowest BCUT2D eigenvalue weighted by Crippen LogP contribution is -2.47. The molecule has 3 aromatic rings. The second kappa shape index (κ2) is 11.3. The van der Waals surface area contributed by atoms with E-state index in [9.17, 15) is 18.8 Å². The highest BCUT2D eigenvalue weighted by molar-refractivity contribution is 5.99. The van der Waals surface area contributed by atoms with Gasteiger partial charge < -0.3 is 15.5 Å². The number of carbonyl (C=O) groups excluding carboxylic acids is 3. The number of amides is 3. The maximum Gasteiger partial charge on any atom is 0.254 e. The molecule has 4 rings (SSSR count). The smallest absolute Gasteiger partial charge is 0.254 e. The molecule has 7 nitrogen and oxygen atoms in total. The molecule has 2 N–H and O–H groups in total. The fourth-order valence-corrected chi connectivity index (χ4v) is 4.55. The molecule has 0 aliphatic carbocycles. The lowest BCUT2D eigenvalue weighted by atomic mass is 9.95. The van der Waals surface area contributed by atoms with Gasteiger partial charge in [0.15, 0.2) is 0 Å². The van der Waals surface area contributed by atoms with Crippen molar-refractivity contribution in [1.82, 2.24) is 15.2 Å². The predicted molar refractivity (Wildman–Crippen MR) is 140 cm³/mol. The van der Waals surface area contributed by atoms with Crippen LogP contribution < -0.4 is 10.6 Å². The normalized spacial score (nSPS) is 17.9. The molecule has 3 amide bonds. The average Bonchev–Trinajstić information content (AvgIpc) is 3.28. The van der Waals surface area contributed by atoms with Crippen LogP contribution in [0.4, 0.5) is 10.2 Å². The summed E-state index contributed by atoms with van der Waals surface area (Å²) in [5.41, 5.74) is 3.18. The van der Waals surface area contributed by atoms with Crippen LogP contribution in [0.15, 0.2) is 72.9 Å². The molecule has 1 aliphatic heterocycles. The maximum atomic E-state index is 14.6. The summed E-state index contributed by atoms with van der Waals surface area (Å²) in [6.07, 6.45) is -0.0189. The molecule has 2 heterocycles. The van der Waals surface area contributed by atoms with Gasteiger partial charge in [0.05, 0.1) is 12.6 Å². The molecule has 3 atom stereocenters. The zero-order valence-corrected chi connectivity index (χ0v) is 21.1. The SMILES string of the molecule is CC(=O)Nc1cc(C(=O)N2CC(F)CC2C(=O)NC(c2ccccc2)c2ccc(C(C)C)cc2)ccn1. The zero-order chi connectivity index (χ0) is 26.5. The molecule has 1 aromatic heterocycles. The van der Waals surface area contributed by atoms with E-state index in [0.717, 1.165) is 11.1 Å². The van der Waals surface area contributed by atoms with Gasteiger partial charge in [0.2, 0.25) is 11.8 Å². The Morgan fingerprint density at radius 1 is 0.973 bits per heavy atom. The van der Waals surface area contributed by atoms with Crippen molar-refractivity contribution < 1.29 is 18.8 Å². The quantitative estimate of drug-likeness (QED) is 0.493. The second-order valence-electron chi connectivity index (χ2n) is 9.59. The van der Waals surface area contributed by atoms with Crippen LogP contribution in [0.5, 0.6) is 0 Å². The van der Waals surface area contributed by atoms with E-state index < -0.39 is 30.1 Å². The number of rotatable bonds is 7. The van der Waals surface area contributed by atoms with Crippen LogP contribution in [0, 0.1) is 0 Å². The Kier molecular flexibility index (Phi) is 7.96. The summed E-state index contributed by atoms with van der Waals surface area (Å²) in [7, 11) is 0. The van der Waals surface area contributed by atoms with E-state index in [0.29, 0.717) is 5.92 Å². The number of aromatic nitrogens is 1. The first-order valence-corrected chi connectivity index (χ1v) is 12.4. The van der Waals surface area contributed by atoms with Gasteiger partial charge in [-0.3, -0.25) is 14.4 Å². The molecular formula is C29H31FN4O3. The van der Waals surface area contributed by atoms with Crippen molar-refractivity contribution in [3.8, 4) is 0 Å². The zero-order valence-electron chi connectivity index (χ0n) is 21.1. The Morgan fingerprint density at radius 2 is 1.62 bits per heavy atom. The van der Waals surface area contributed by atoms with Crippen molar-refractivity contribution in [1.29, 1.82) is 0 Å². The lowest BCUT2D eigenvalue weighted by Gasteiger charge is -2.27. The maximum absolute atomic E-state index is 14.6. The molecular weight excluding hydrogens is 471 g/mol. The van der Waals surface area contributed by atoms with E-state index in [1.807, 2.05) is 54.6 Å². The van der Waals surface area contributed by atoms with Crippen molar-refractivity contribution in [2.45, 2.75) is 51.4 Å². The number of nitrogens with one attached hydrogen (secondary N) is 2. The number of carbonyl (C=O) groups is 3. The molecule has 192 valence electrons. The van der Waals surface area contributed by atoms with E-state index in [1.165, 1.54) is 35.7 Å². The van der Waals surface area contributed by atoms with Gasteiger partial charge in [-0.1, -0.05) is 68.4 Å². The fourth-order valence-electron chi connectivity index (χ4n) is 4.55. The Balaban J connectivity index is 1.59. The number of alkyl halides is 1. The summed E-state index contributed by atoms with van der Waals surface area (Å²) in [6, 6.07) is 19.1. The van der Waals surface area contributed by atoms with Crippen molar-refractivity contribution in [3.05, 3.63) is 95.2 Å². The molecule has 0 spiro atoms. The van der Waals surface area contributed by atoms with Crippen LogP contribution in [0.3, 0.4) is 0 Å². The van der Waals surface area contributed by atoms with Crippen LogP contribution in [-0.2, 0) is 9.59 Å². The summed E-state index contributed by atoms with van der Waals surface area (Å²) >= 11 is 0. The summed E-state index contributed by atoms with van der Waals surface area (Å²) in [5.74, 6) is -0.659. The summed E-state index contributed by atoms with van der Waals surface area (Å²) in [6.45, 7) is 5.39. The van der Waals surface area contributed by atoms with Crippen molar-refractivity contribution in [2.75, 3.05) is 11.9 Å². The van der Waals surface area contributed by atoms with Gasteiger partial charge in [-0.05, 0) is 34.7 Å². The van der Waals surface area contributed by atoms with E-state index in [2.05, 4.69) is 29.5 Å². The van der Waals surface area contributed by atoms with Gasteiger partial charge in [0, 0.05) is 25.1 Å². The summed E-state index contributed by atoms with van der Waals surface area (Å²) in [5, 5.41) is 5.60. The topological polar surface area (TPSA) is 91.4 Å². The first-order chi connectivity index (χ1) is 17.7. The largest absolute Gasteiger partial charge is 0.343 e. The highest BCUT2D eigenvalue weighted by Crippen LogP contribution is 2.28. The molecule has 0 bridgehead atoms. The summed E-state index contributed by atoms with van der Waals surface area (Å²) < 4.78 is 14.6. The number of halogens is 1. The van der Waals surface area contributed by atoms with Crippen molar-refractivity contribution in [2.24, 2.45) is 0 Å². The third kappa shape index (κ3) is 6.20. The fraction of sp³-hybridized carbons (Fsp3) is 0.310. The van der Waals surface area contributed by atoms with Gasteiger partial charge in [-0.15, -0.1) is 0 Å².